The second-order valence-corrected chi connectivity index (χ2v) is 7.61. The predicted molar refractivity (Wildman–Crippen MR) is 106 cm³/mol. The molecule has 2 saturated heterocycles. The first-order valence-corrected chi connectivity index (χ1v) is 10.6. The van der Waals surface area contributed by atoms with Crippen molar-refractivity contribution in [3.05, 3.63) is 0 Å². The first-order chi connectivity index (χ1) is 12.1. The van der Waals surface area contributed by atoms with Crippen LogP contribution in [0.5, 0.6) is 0 Å². The Hall–Kier alpha value is -0.610. The van der Waals surface area contributed by atoms with Gasteiger partial charge in [0.2, 0.25) is 5.91 Å². The van der Waals surface area contributed by atoms with Crippen LogP contribution in [0.3, 0.4) is 0 Å². The molecule has 1 aliphatic carbocycles. The minimum Gasteiger partial charge on any atom is -0.381 e. The molecule has 0 aromatic carbocycles. The summed E-state index contributed by atoms with van der Waals surface area (Å²) in [5, 5.41) is 0. The molecule has 0 aromatic rings. The van der Waals surface area contributed by atoms with E-state index in [9.17, 15) is 4.79 Å². The molecule has 2 aliphatic heterocycles. The number of ether oxygens (including phenoxy) is 1. The lowest BCUT2D eigenvalue weighted by atomic mass is 9.58. The zero-order valence-electron chi connectivity index (χ0n) is 17.6. The van der Waals surface area contributed by atoms with Crippen LogP contribution in [0.2, 0.25) is 0 Å². The van der Waals surface area contributed by atoms with Crippen LogP contribution in [0.15, 0.2) is 0 Å². The van der Waals surface area contributed by atoms with E-state index in [1.54, 1.807) is 7.11 Å². The number of likely N-dealkylation sites (tertiary alicyclic amines) is 2. The van der Waals surface area contributed by atoms with E-state index in [-0.39, 0.29) is 0 Å². The Balaban J connectivity index is 0.000000730. The number of methoxy groups -OCH3 is 1. The van der Waals surface area contributed by atoms with Gasteiger partial charge in [0, 0.05) is 33.3 Å². The van der Waals surface area contributed by atoms with E-state index in [1.807, 2.05) is 27.7 Å². The number of hydrogen-bond acceptors (Lipinski definition) is 3. The normalized spacial score (nSPS) is 23.8. The molecular formula is C21H42N2O2. The highest BCUT2D eigenvalue weighted by Crippen LogP contribution is 2.52. The van der Waals surface area contributed by atoms with Crippen molar-refractivity contribution in [2.24, 2.45) is 11.3 Å². The molecule has 3 aliphatic rings. The summed E-state index contributed by atoms with van der Waals surface area (Å²) in [5.74, 6) is 1.25. The maximum absolute atomic E-state index is 12.5. The van der Waals surface area contributed by atoms with E-state index in [0.29, 0.717) is 24.0 Å². The molecule has 25 heavy (non-hydrogen) atoms. The third-order valence-corrected chi connectivity index (χ3v) is 5.97. The lowest BCUT2D eigenvalue weighted by Gasteiger charge is -2.51. The van der Waals surface area contributed by atoms with Gasteiger partial charge in [0.25, 0.3) is 0 Å². The molecule has 2 heterocycles. The molecular weight excluding hydrogens is 312 g/mol. The number of piperidine rings is 2. The van der Waals surface area contributed by atoms with Crippen LogP contribution in [0.25, 0.3) is 0 Å². The molecule has 0 unspecified atom stereocenters. The van der Waals surface area contributed by atoms with Crippen LogP contribution in [0.1, 0.15) is 73.1 Å². The molecule has 0 N–H and O–H groups in total. The van der Waals surface area contributed by atoms with Gasteiger partial charge >= 0.3 is 0 Å². The SMILES string of the molecule is CC.CC.COC1CCN(CC(=O)N2CCC3(CC2)CC(C)C3)CC1. The highest BCUT2D eigenvalue weighted by atomic mass is 16.5. The number of amides is 1. The fourth-order valence-electron chi connectivity index (χ4n) is 4.65. The van der Waals surface area contributed by atoms with Crippen LogP contribution in [-0.4, -0.2) is 61.6 Å². The van der Waals surface area contributed by atoms with Gasteiger partial charge in [0.05, 0.1) is 12.6 Å². The molecule has 3 rings (SSSR count). The van der Waals surface area contributed by atoms with Gasteiger partial charge in [-0.2, -0.15) is 0 Å². The molecule has 1 spiro atoms. The number of carbonyl (C=O) groups is 1. The van der Waals surface area contributed by atoms with Gasteiger partial charge in [-0.3, -0.25) is 9.69 Å². The van der Waals surface area contributed by atoms with Crippen molar-refractivity contribution in [3.8, 4) is 0 Å². The average molecular weight is 355 g/mol. The van der Waals surface area contributed by atoms with Gasteiger partial charge in [-0.25, -0.2) is 0 Å². The number of rotatable bonds is 3. The Kier molecular flexibility index (Phi) is 10.0. The Morgan fingerprint density at radius 2 is 1.52 bits per heavy atom. The van der Waals surface area contributed by atoms with Crippen molar-refractivity contribution in [2.75, 3.05) is 39.8 Å². The molecule has 1 saturated carbocycles. The maximum Gasteiger partial charge on any atom is 0.236 e. The first kappa shape index (κ1) is 22.4. The van der Waals surface area contributed by atoms with E-state index in [0.717, 1.165) is 44.9 Å². The summed E-state index contributed by atoms with van der Waals surface area (Å²) < 4.78 is 5.39. The molecule has 0 bridgehead atoms. The fraction of sp³-hybridized carbons (Fsp3) is 0.952. The van der Waals surface area contributed by atoms with E-state index in [4.69, 9.17) is 4.74 Å². The molecule has 3 fully saturated rings. The maximum atomic E-state index is 12.5. The minimum atomic E-state index is 0.341. The Bertz CT molecular complexity index is 362. The summed E-state index contributed by atoms with van der Waals surface area (Å²) in [6.07, 6.45) is 7.75. The van der Waals surface area contributed by atoms with Gasteiger partial charge in [-0.1, -0.05) is 34.6 Å². The molecule has 0 aromatic heterocycles. The third kappa shape index (κ3) is 6.25. The number of hydrogen-bond donors (Lipinski definition) is 0. The molecule has 4 nitrogen and oxygen atoms in total. The summed E-state index contributed by atoms with van der Waals surface area (Å²) >= 11 is 0. The second-order valence-electron chi connectivity index (χ2n) is 7.61. The smallest absolute Gasteiger partial charge is 0.236 e. The number of nitrogens with zero attached hydrogens (tertiary/aromatic N) is 2. The molecule has 0 atom stereocenters. The summed E-state index contributed by atoms with van der Waals surface area (Å²) in [5.41, 5.74) is 0.604. The summed E-state index contributed by atoms with van der Waals surface area (Å²) in [4.78, 5) is 16.9. The molecule has 4 heteroatoms. The van der Waals surface area contributed by atoms with Crippen molar-refractivity contribution >= 4 is 5.91 Å². The van der Waals surface area contributed by atoms with Crippen molar-refractivity contribution in [3.63, 3.8) is 0 Å². The highest BCUT2D eigenvalue weighted by Gasteiger charge is 2.44. The van der Waals surface area contributed by atoms with Crippen LogP contribution in [-0.2, 0) is 9.53 Å². The monoisotopic (exact) mass is 354 g/mol. The Morgan fingerprint density at radius 3 is 1.96 bits per heavy atom. The van der Waals surface area contributed by atoms with Gasteiger partial charge < -0.3 is 9.64 Å². The van der Waals surface area contributed by atoms with Gasteiger partial charge in [-0.15, -0.1) is 0 Å². The predicted octanol–water partition coefficient (Wildman–Crippen LogP) is 4.19. The van der Waals surface area contributed by atoms with Crippen molar-refractivity contribution in [2.45, 2.75) is 79.2 Å². The van der Waals surface area contributed by atoms with E-state index >= 15 is 0 Å². The van der Waals surface area contributed by atoms with E-state index in [1.165, 1.54) is 25.7 Å². The van der Waals surface area contributed by atoms with Crippen LogP contribution < -0.4 is 0 Å². The topological polar surface area (TPSA) is 32.8 Å². The average Bonchev–Trinajstić information content (AvgIpc) is 2.65. The largest absolute Gasteiger partial charge is 0.381 e. The zero-order valence-corrected chi connectivity index (χ0v) is 17.6. The summed E-state index contributed by atoms with van der Waals surface area (Å²) in [6.45, 7) is 14.9. The summed E-state index contributed by atoms with van der Waals surface area (Å²) in [6, 6.07) is 0. The lowest BCUT2D eigenvalue weighted by molar-refractivity contribution is -0.137. The Labute approximate surface area is 156 Å². The van der Waals surface area contributed by atoms with Crippen molar-refractivity contribution in [1.82, 2.24) is 9.80 Å². The van der Waals surface area contributed by atoms with Gasteiger partial charge in [0.15, 0.2) is 0 Å². The van der Waals surface area contributed by atoms with Crippen LogP contribution >= 0.6 is 0 Å². The summed E-state index contributed by atoms with van der Waals surface area (Å²) in [7, 11) is 1.79. The standard InChI is InChI=1S/C17H30N2O2.2C2H6/c1-14-11-17(12-14)5-9-19(10-6-17)16(20)13-18-7-3-15(21-2)4-8-18;2*1-2/h14-15H,3-13H2,1-2H3;2*1-2H3. The number of carbonyl (C=O) groups excluding carboxylic acids is 1. The third-order valence-electron chi connectivity index (χ3n) is 5.97. The second kappa shape index (κ2) is 11.2. The lowest BCUT2D eigenvalue weighted by Crippen LogP contribution is -2.51. The molecule has 148 valence electrons. The fourth-order valence-corrected chi connectivity index (χ4v) is 4.65. The van der Waals surface area contributed by atoms with Gasteiger partial charge in [0.1, 0.15) is 0 Å². The minimum absolute atomic E-state index is 0.341. The van der Waals surface area contributed by atoms with Crippen molar-refractivity contribution in [1.29, 1.82) is 0 Å². The molecule has 0 radical (unpaired) electrons. The van der Waals surface area contributed by atoms with Crippen molar-refractivity contribution < 1.29 is 9.53 Å². The Morgan fingerprint density at radius 1 is 1.00 bits per heavy atom. The van der Waals surface area contributed by atoms with Crippen LogP contribution in [0.4, 0.5) is 0 Å². The zero-order chi connectivity index (χ0) is 18.9. The van der Waals surface area contributed by atoms with E-state index in [2.05, 4.69) is 16.7 Å². The van der Waals surface area contributed by atoms with Gasteiger partial charge in [-0.05, 0) is 49.9 Å². The quantitative estimate of drug-likeness (QED) is 0.762. The van der Waals surface area contributed by atoms with E-state index < -0.39 is 0 Å². The molecule has 1 amide bonds. The first-order valence-electron chi connectivity index (χ1n) is 10.6. The van der Waals surface area contributed by atoms with Crippen LogP contribution in [0, 0.1) is 11.3 Å². The highest BCUT2D eigenvalue weighted by molar-refractivity contribution is 5.78.